The van der Waals surface area contributed by atoms with Crippen LogP contribution in [0.15, 0.2) is 18.2 Å². The number of hydrogen-bond acceptors (Lipinski definition) is 4. The zero-order valence-corrected chi connectivity index (χ0v) is 14.2. The molecule has 138 valence electrons. The second-order valence-corrected chi connectivity index (χ2v) is 5.79. The fourth-order valence-electron chi connectivity index (χ4n) is 2.70. The van der Waals surface area contributed by atoms with Crippen molar-refractivity contribution in [2.24, 2.45) is 0 Å². The second kappa shape index (κ2) is 9.31. The first-order valence-corrected chi connectivity index (χ1v) is 8.39. The Morgan fingerprint density at radius 1 is 1.24 bits per heavy atom. The first-order valence-electron chi connectivity index (χ1n) is 8.39. The lowest BCUT2D eigenvalue weighted by atomic mass is 10.1. The number of carbonyl (C=O) groups excluding carboxylic acids is 2. The van der Waals surface area contributed by atoms with Crippen molar-refractivity contribution in [1.29, 1.82) is 0 Å². The summed E-state index contributed by atoms with van der Waals surface area (Å²) in [5, 5.41) is 5.89. The maximum Gasteiger partial charge on any atom is 0.409 e. The van der Waals surface area contributed by atoms with Crippen LogP contribution in [0.2, 0.25) is 0 Å². The Balaban J connectivity index is 1.65. The lowest BCUT2D eigenvalue weighted by Gasteiger charge is -2.31. The van der Waals surface area contributed by atoms with Crippen molar-refractivity contribution in [3.05, 3.63) is 35.4 Å². The highest BCUT2D eigenvalue weighted by Crippen LogP contribution is 2.11. The van der Waals surface area contributed by atoms with Crippen molar-refractivity contribution in [2.45, 2.75) is 25.8 Å². The molecule has 25 heavy (non-hydrogen) atoms. The average Bonchev–Trinajstić information content (AvgIpc) is 2.59. The molecule has 1 aromatic carbocycles. The number of halogens is 2. The minimum atomic E-state index is -0.878. The van der Waals surface area contributed by atoms with Crippen LogP contribution >= 0.6 is 0 Å². The molecule has 1 aromatic rings. The zero-order valence-electron chi connectivity index (χ0n) is 14.2. The highest BCUT2D eigenvalue weighted by molar-refractivity contribution is 5.94. The van der Waals surface area contributed by atoms with Crippen molar-refractivity contribution < 1.29 is 23.1 Å². The van der Waals surface area contributed by atoms with Crippen molar-refractivity contribution in [2.75, 3.05) is 32.8 Å². The van der Waals surface area contributed by atoms with Gasteiger partial charge in [-0.3, -0.25) is 4.79 Å². The normalized spacial score (nSPS) is 15.1. The molecule has 0 aromatic heterocycles. The number of ether oxygens (including phenoxy) is 1. The highest BCUT2D eigenvalue weighted by Gasteiger charge is 2.23. The van der Waals surface area contributed by atoms with Crippen molar-refractivity contribution in [3.8, 4) is 0 Å². The summed E-state index contributed by atoms with van der Waals surface area (Å²) in [4.78, 5) is 25.1. The van der Waals surface area contributed by atoms with E-state index in [1.165, 1.54) is 0 Å². The number of hydrogen-bond donors (Lipinski definition) is 2. The summed E-state index contributed by atoms with van der Waals surface area (Å²) in [5.74, 6) is -2.17. The molecule has 0 atom stereocenters. The van der Waals surface area contributed by atoms with E-state index >= 15 is 0 Å². The van der Waals surface area contributed by atoms with E-state index in [2.05, 4.69) is 10.6 Å². The van der Waals surface area contributed by atoms with Gasteiger partial charge in [-0.05, 0) is 31.9 Å². The molecule has 6 nitrogen and oxygen atoms in total. The topological polar surface area (TPSA) is 70.7 Å². The molecule has 2 amide bonds. The first kappa shape index (κ1) is 19.1. The Morgan fingerprint density at radius 2 is 1.96 bits per heavy atom. The first-order chi connectivity index (χ1) is 12.0. The van der Waals surface area contributed by atoms with Crippen LogP contribution in [0.3, 0.4) is 0 Å². The van der Waals surface area contributed by atoms with Gasteiger partial charge in [-0.2, -0.15) is 0 Å². The molecule has 1 heterocycles. The monoisotopic (exact) mass is 355 g/mol. The summed E-state index contributed by atoms with van der Waals surface area (Å²) in [6.07, 6.45) is 1.33. The third-order valence-electron chi connectivity index (χ3n) is 4.04. The van der Waals surface area contributed by atoms with E-state index in [0.717, 1.165) is 25.0 Å². The van der Waals surface area contributed by atoms with Crippen LogP contribution < -0.4 is 10.6 Å². The van der Waals surface area contributed by atoms with Gasteiger partial charge in [0.1, 0.15) is 11.6 Å². The summed E-state index contributed by atoms with van der Waals surface area (Å²) >= 11 is 0. The molecular formula is C17H23F2N3O3. The van der Waals surface area contributed by atoms with Crippen LogP contribution in [0.25, 0.3) is 0 Å². The number of rotatable bonds is 6. The Labute approximate surface area is 145 Å². The fourth-order valence-corrected chi connectivity index (χ4v) is 2.70. The van der Waals surface area contributed by atoms with Gasteiger partial charge < -0.3 is 20.3 Å². The minimum Gasteiger partial charge on any atom is -0.450 e. The average molecular weight is 355 g/mol. The molecule has 2 rings (SSSR count). The Morgan fingerprint density at radius 3 is 2.60 bits per heavy atom. The van der Waals surface area contributed by atoms with E-state index in [1.807, 2.05) is 0 Å². The summed E-state index contributed by atoms with van der Waals surface area (Å²) < 4.78 is 31.3. The lowest BCUT2D eigenvalue weighted by Crippen LogP contribution is -2.46. The van der Waals surface area contributed by atoms with Gasteiger partial charge in [0.15, 0.2) is 0 Å². The molecule has 2 N–H and O–H groups in total. The largest absolute Gasteiger partial charge is 0.450 e. The van der Waals surface area contributed by atoms with Crippen LogP contribution in [0.1, 0.15) is 30.1 Å². The van der Waals surface area contributed by atoms with Crippen LogP contribution in [-0.2, 0) is 4.74 Å². The molecule has 0 radical (unpaired) electrons. The Bertz CT molecular complexity index is 605. The number of nitrogens with zero attached hydrogens (tertiary/aromatic N) is 1. The molecule has 1 aliphatic heterocycles. The Kier molecular flexibility index (Phi) is 7.12. The number of likely N-dealkylation sites (tertiary alicyclic amines) is 1. The molecule has 0 aliphatic carbocycles. The third-order valence-corrected chi connectivity index (χ3v) is 4.04. The van der Waals surface area contributed by atoms with E-state index in [0.29, 0.717) is 38.9 Å². The molecular weight excluding hydrogens is 332 g/mol. The standard InChI is InChI=1S/C17H23F2N3O3/c1-2-25-17(24)22-9-5-13(6-10-22)20-7-8-21-16(23)14-4-3-12(18)11-15(14)19/h3-4,11,13,20H,2,5-10H2,1H3,(H,21,23). The lowest BCUT2D eigenvalue weighted by molar-refractivity contribution is 0.0928. The maximum absolute atomic E-state index is 13.5. The number of nitrogens with one attached hydrogen (secondary N) is 2. The van der Waals surface area contributed by atoms with E-state index in [4.69, 9.17) is 4.74 Å². The quantitative estimate of drug-likeness (QED) is 0.765. The third kappa shape index (κ3) is 5.67. The van der Waals surface area contributed by atoms with Crippen LogP contribution in [0.4, 0.5) is 13.6 Å². The predicted octanol–water partition coefficient (Wildman–Crippen LogP) is 1.91. The van der Waals surface area contributed by atoms with Crippen LogP contribution in [0.5, 0.6) is 0 Å². The molecule has 0 spiro atoms. The number of carbonyl (C=O) groups is 2. The van der Waals surface area contributed by atoms with Crippen molar-refractivity contribution >= 4 is 12.0 Å². The highest BCUT2D eigenvalue weighted by atomic mass is 19.1. The van der Waals surface area contributed by atoms with Crippen LogP contribution in [-0.4, -0.2) is 55.7 Å². The smallest absolute Gasteiger partial charge is 0.409 e. The fraction of sp³-hybridized carbons (Fsp3) is 0.529. The molecule has 8 heteroatoms. The Hall–Kier alpha value is -2.22. The van der Waals surface area contributed by atoms with Gasteiger partial charge >= 0.3 is 6.09 Å². The molecule has 1 fully saturated rings. The van der Waals surface area contributed by atoms with Gasteiger partial charge in [0.05, 0.1) is 12.2 Å². The maximum atomic E-state index is 13.5. The van der Waals surface area contributed by atoms with Gasteiger partial charge in [-0.25, -0.2) is 13.6 Å². The molecule has 0 unspecified atom stereocenters. The molecule has 1 saturated heterocycles. The summed E-state index contributed by atoms with van der Waals surface area (Å²) in [6.45, 7) is 4.25. The summed E-state index contributed by atoms with van der Waals surface area (Å²) in [6, 6.07) is 3.11. The summed E-state index contributed by atoms with van der Waals surface area (Å²) in [5.41, 5.74) is -0.177. The molecule has 0 saturated carbocycles. The van der Waals surface area contributed by atoms with E-state index in [1.54, 1.807) is 11.8 Å². The molecule has 0 bridgehead atoms. The number of amides is 2. The zero-order chi connectivity index (χ0) is 18.2. The summed E-state index contributed by atoms with van der Waals surface area (Å²) in [7, 11) is 0. The van der Waals surface area contributed by atoms with Crippen LogP contribution in [0, 0.1) is 11.6 Å². The van der Waals surface area contributed by atoms with E-state index < -0.39 is 17.5 Å². The minimum absolute atomic E-state index is 0.177. The van der Waals surface area contributed by atoms with Gasteiger partial charge in [0.2, 0.25) is 0 Å². The van der Waals surface area contributed by atoms with E-state index in [9.17, 15) is 18.4 Å². The van der Waals surface area contributed by atoms with Gasteiger partial charge in [-0.15, -0.1) is 0 Å². The van der Waals surface area contributed by atoms with Crippen molar-refractivity contribution in [3.63, 3.8) is 0 Å². The van der Waals surface area contributed by atoms with Gasteiger partial charge in [0, 0.05) is 38.3 Å². The van der Waals surface area contributed by atoms with Crippen molar-refractivity contribution in [1.82, 2.24) is 15.5 Å². The van der Waals surface area contributed by atoms with Gasteiger partial charge in [0.25, 0.3) is 5.91 Å². The van der Waals surface area contributed by atoms with Gasteiger partial charge in [-0.1, -0.05) is 0 Å². The SMILES string of the molecule is CCOC(=O)N1CCC(NCCNC(=O)c2ccc(F)cc2F)CC1. The second-order valence-electron chi connectivity index (χ2n) is 5.79. The predicted molar refractivity (Wildman–Crippen MR) is 88.3 cm³/mol. The van der Waals surface area contributed by atoms with E-state index in [-0.39, 0.29) is 17.7 Å². The number of benzene rings is 1. The molecule has 1 aliphatic rings. The number of piperidine rings is 1.